The molecule has 0 aliphatic carbocycles. The van der Waals surface area contributed by atoms with E-state index in [1.807, 2.05) is 19.1 Å². The standard InChI is InChI=1S/C20H19FN4O4/c1-12-7-9-13(10-8-12)20(2)18(28)25(19(29)22-20)11-16(26)23-24-17(27)14-5-3-4-6-15(14)21/h3-10H,11H2,1-2H3,(H,22,29)(H,23,26)(H,24,27)/t20-/m0/s1. The van der Waals surface area contributed by atoms with Crippen molar-refractivity contribution in [1.82, 2.24) is 21.1 Å². The molecule has 1 fully saturated rings. The van der Waals surface area contributed by atoms with Gasteiger partial charge in [0.1, 0.15) is 17.9 Å². The van der Waals surface area contributed by atoms with Crippen LogP contribution in [0.25, 0.3) is 0 Å². The van der Waals surface area contributed by atoms with Crippen LogP contribution in [0.2, 0.25) is 0 Å². The van der Waals surface area contributed by atoms with E-state index in [-0.39, 0.29) is 5.56 Å². The third-order valence-electron chi connectivity index (χ3n) is 4.64. The normalized spacial score (nSPS) is 18.4. The average Bonchev–Trinajstić information content (AvgIpc) is 2.91. The van der Waals surface area contributed by atoms with Crippen LogP contribution in [0.4, 0.5) is 9.18 Å². The molecule has 1 atom stereocenters. The number of carbonyl (C=O) groups is 4. The van der Waals surface area contributed by atoms with Crippen LogP contribution in [0.15, 0.2) is 48.5 Å². The zero-order valence-electron chi connectivity index (χ0n) is 15.8. The second kappa shape index (κ2) is 7.70. The van der Waals surface area contributed by atoms with Gasteiger partial charge in [-0.3, -0.25) is 30.1 Å². The van der Waals surface area contributed by atoms with E-state index in [0.717, 1.165) is 16.5 Å². The van der Waals surface area contributed by atoms with Gasteiger partial charge in [-0.2, -0.15) is 0 Å². The first-order valence-corrected chi connectivity index (χ1v) is 8.77. The molecule has 29 heavy (non-hydrogen) atoms. The predicted octanol–water partition coefficient (Wildman–Crippen LogP) is 1.36. The highest BCUT2D eigenvalue weighted by molar-refractivity contribution is 6.09. The van der Waals surface area contributed by atoms with Gasteiger partial charge in [0.15, 0.2) is 0 Å². The molecule has 0 unspecified atom stereocenters. The topological polar surface area (TPSA) is 108 Å². The average molecular weight is 398 g/mol. The highest BCUT2D eigenvalue weighted by atomic mass is 19.1. The summed E-state index contributed by atoms with van der Waals surface area (Å²) in [7, 11) is 0. The molecule has 9 heteroatoms. The second-order valence-corrected chi connectivity index (χ2v) is 6.79. The zero-order valence-corrected chi connectivity index (χ0v) is 15.8. The molecule has 2 aromatic carbocycles. The van der Waals surface area contributed by atoms with Gasteiger partial charge in [0.05, 0.1) is 5.56 Å². The van der Waals surface area contributed by atoms with Crippen molar-refractivity contribution >= 4 is 23.8 Å². The number of imide groups is 1. The quantitative estimate of drug-likeness (QED) is 0.534. The van der Waals surface area contributed by atoms with Crippen LogP contribution >= 0.6 is 0 Å². The number of urea groups is 1. The van der Waals surface area contributed by atoms with E-state index in [1.54, 1.807) is 19.1 Å². The zero-order chi connectivity index (χ0) is 21.2. The maximum atomic E-state index is 13.6. The van der Waals surface area contributed by atoms with Crippen molar-refractivity contribution in [3.05, 3.63) is 71.0 Å². The molecule has 150 valence electrons. The number of nitrogens with zero attached hydrogens (tertiary/aromatic N) is 1. The summed E-state index contributed by atoms with van der Waals surface area (Å²) >= 11 is 0. The Morgan fingerprint density at radius 1 is 1.07 bits per heavy atom. The monoisotopic (exact) mass is 398 g/mol. The lowest BCUT2D eigenvalue weighted by Gasteiger charge is -2.22. The second-order valence-electron chi connectivity index (χ2n) is 6.79. The Hall–Kier alpha value is -3.75. The molecule has 3 rings (SSSR count). The Labute approximate surface area is 166 Å². The summed E-state index contributed by atoms with van der Waals surface area (Å²) in [5.41, 5.74) is 4.14. The highest BCUT2D eigenvalue weighted by Crippen LogP contribution is 2.28. The molecule has 1 aliphatic heterocycles. The van der Waals surface area contributed by atoms with Gasteiger partial charge in [0, 0.05) is 0 Å². The molecule has 3 N–H and O–H groups in total. The Kier molecular flexibility index (Phi) is 5.31. The number of aryl methyl sites for hydroxylation is 1. The van der Waals surface area contributed by atoms with E-state index in [1.165, 1.54) is 18.2 Å². The van der Waals surface area contributed by atoms with Crippen molar-refractivity contribution in [1.29, 1.82) is 0 Å². The van der Waals surface area contributed by atoms with Crippen molar-refractivity contribution in [3.8, 4) is 0 Å². The summed E-state index contributed by atoms with van der Waals surface area (Å²) in [6, 6.07) is 11.6. The van der Waals surface area contributed by atoms with E-state index < -0.39 is 41.7 Å². The molecule has 1 heterocycles. The summed E-state index contributed by atoms with van der Waals surface area (Å²) in [6.45, 7) is 2.84. The van der Waals surface area contributed by atoms with Gasteiger partial charge in [-0.15, -0.1) is 0 Å². The first-order chi connectivity index (χ1) is 13.7. The predicted molar refractivity (Wildman–Crippen MR) is 101 cm³/mol. The molecule has 8 nitrogen and oxygen atoms in total. The third kappa shape index (κ3) is 3.93. The maximum Gasteiger partial charge on any atom is 0.325 e. The molecule has 0 radical (unpaired) electrons. The van der Waals surface area contributed by atoms with Gasteiger partial charge >= 0.3 is 6.03 Å². The number of carbonyl (C=O) groups excluding carboxylic acids is 4. The van der Waals surface area contributed by atoms with Gasteiger partial charge in [-0.1, -0.05) is 42.0 Å². The first kappa shape index (κ1) is 20.0. The van der Waals surface area contributed by atoms with Crippen LogP contribution in [0.3, 0.4) is 0 Å². The van der Waals surface area contributed by atoms with Crippen LogP contribution in [0.5, 0.6) is 0 Å². The van der Waals surface area contributed by atoms with Crippen LogP contribution in [-0.2, 0) is 15.1 Å². The summed E-state index contributed by atoms with van der Waals surface area (Å²) < 4.78 is 13.6. The lowest BCUT2D eigenvalue weighted by atomic mass is 9.91. The van der Waals surface area contributed by atoms with Gasteiger partial charge in [-0.25, -0.2) is 9.18 Å². The molecule has 1 saturated heterocycles. The number of amides is 5. The Bertz CT molecular complexity index is 992. The summed E-state index contributed by atoms with van der Waals surface area (Å²) in [5, 5.41) is 2.59. The number of hydrogen-bond donors (Lipinski definition) is 3. The van der Waals surface area contributed by atoms with Crippen molar-refractivity contribution in [2.75, 3.05) is 6.54 Å². The van der Waals surface area contributed by atoms with E-state index in [4.69, 9.17) is 0 Å². The summed E-state index contributed by atoms with van der Waals surface area (Å²) in [4.78, 5) is 49.8. The third-order valence-corrected chi connectivity index (χ3v) is 4.64. The molecule has 0 spiro atoms. The number of benzene rings is 2. The molecular weight excluding hydrogens is 379 g/mol. The minimum absolute atomic E-state index is 0.255. The summed E-state index contributed by atoms with van der Waals surface area (Å²) in [6.07, 6.45) is 0. The molecule has 0 aromatic heterocycles. The minimum Gasteiger partial charge on any atom is -0.319 e. The fraction of sp³-hybridized carbons (Fsp3) is 0.200. The van der Waals surface area contributed by atoms with Crippen LogP contribution in [0.1, 0.15) is 28.4 Å². The van der Waals surface area contributed by atoms with Crippen LogP contribution in [0, 0.1) is 12.7 Å². The van der Waals surface area contributed by atoms with Gasteiger partial charge in [0.25, 0.3) is 17.7 Å². The van der Waals surface area contributed by atoms with Crippen molar-refractivity contribution < 1.29 is 23.6 Å². The molecule has 5 amide bonds. The van der Waals surface area contributed by atoms with Gasteiger partial charge < -0.3 is 5.32 Å². The molecule has 2 aromatic rings. The largest absolute Gasteiger partial charge is 0.325 e. The van der Waals surface area contributed by atoms with E-state index in [0.29, 0.717) is 5.56 Å². The number of hydrazine groups is 1. The Balaban J connectivity index is 1.64. The number of hydrogen-bond acceptors (Lipinski definition) is 4. The van der Waals surface area contributed by atoms with Crippen molar-refractivity contribution in [2.24, 2.45) is 0 Å². The summed E-state index contributed by atoms with van der Waals surface area (Å²) in [5.74, 6) is -3.02. The minimum atomic E-state index is -1.30. The molecule has 1 aliphatic rings. The molecule has 0 bridgehead atoms. The maximum absolute atomic E-state index is 13.6. The van der Waals surface area contributed by atoms with Gasteiger partial charge in [-0.05, 0) is 31.5 Å². The fourth-order valence-corrected chi connectivity index (χ4v) is 2.95. The molecule has 0 saturated carbocycles. The van der Waals surface area contributed by atoms with E-state index in [9.17, 15) is 23.6 Å². The Morgan fingerprint density at radius 3 is 2.38 bits per heavy atom. The SMILES string of the molecule is Cc1ccc([C@]2(C)NC(=O)N(CC(=O)NNC(=O)c3ccccc3F)C2=O)cc1. The lowest BCUT2D eigenvalue weighted by molar-refractivity contribution is -0.135. The van der Waals surface area contributed by atoms with Crippen molar-refractivity contribution in [2.45, 2.75) is 19.4 Å². The van der Waals surface area contributed by atoms with Crippen LogP contribution in [-0.4, -0.2) is 35.2 Å². The fourth-order valence-electron chi connectivity index (χ4n) is 2.95. The number of nitrogens with one attached hydrogen (secondary N) is 3. The van der Waals surface area contributed by atoms with Crippen molar-refractivity contribution in [3.63, 3.8) is 0 Å². The van der Waals surface area contributed by atoms with Gasteiger partial charge in [0.2, 0.25) is 0 Å². The first-order valence-electron chi connectivity index (χ1n) is 8.77. The van der Waals surface area contributed by atoms with E-state index in [2.05, 4.69) is 16.2 Å². The Morgan fingerprint density at radius 2 is 1.72 bits per heavy atom. The lowest BCUT2D eigenvalue weighted by Crippen LogP contribution is -2.48. The van der Waals surface area contributed by atoms with Crippen LogP contribution < -0.4 is 16.2 Å². The highest BCUT2D eigenvalue weighted by Gasteiger charge is 2.49. The smallest absolute Gasteiger partial charge is 0.319 e. The number of rotatable bonds is 4. The molecular formula is C20H19FN4O4. The van der Waals surface area contributed by atoms with E-state index >= 15 is 0 Å². The number of halogens is 1.